The molecule has 0 fully saturated rings. The fourth-order valence-corrected chi connectivity index (χ4v) is 2.81. The molecular formula is C22H16ClN3O3. The van der Waals surface area contributed by atoms with E-state index in [0.717, 1.165) is 11.1 Å². The predicted molar refractivity (Wildman–Crippen MR) is 110 cm³/mol. The van der Waals surface area contributed by atoms with E-state index in [-0.39, 0.29) is 5.69 Å². The van der Waals surface area contributed by atoms with E-state index in [2.05, 4.69) is 15.5 Å². The monoisotopic (exact) mass is 405 g/mol. The second-order valence-electron chi connectivity index (χ2n) is 6.33. The zero-order valence-corrected chi connectivity index (χ0v) is 16.2. The highest BCUT2D eigenvalue weighted by Gasteiger charge is 2.16. The van der Waals surface area contributed by atoms with E-state index in [0.29, 0.717) is 28.0 Å². The van der Waals surface area contributed by atoms with Crippen molar-refractivity contribution in [3.63, 3.8) is 0 Å². The van der Waals surface area contributed by atoms with Crippen molar-refractivity contribution in [2.75, 3.05) is 5.32 Å². The van der Waals surface area contributed by atoms with E-state index in [9.17, 15) is 4.79 Å². The number of nitrogens with zero attached hydrogens (tertiary/aromatic N) is 2. The van der Waals surface area contributed by atoms with E-state index in [1.54, 1.807) is 42.7 Å². The standard InChI is InChI=1S/C22H16ClN3O3/c1-14-4-7-17(8-5-14)28-20-9-6-16(23)11-18(20)25-22(27)19-12-21(29-26-19)15-3-2-10-24-13-15/h2-13H,1H3,(H,25,27). The van der Waals surface area contributed by atoms with Crippen molar-refractivity contribution in [2.45, 2.75) is 6.92 Å². The van der Waals surface area contributed by atoms with Gasteiger partial charge in [0.25, 0.3) is 5.91 Å². The number of benzene rings is 2. The molecule has 1 N–H and O–H groups in total. The molecule has 2 aromatic heterocycles. The third-order valence-corrected chi connectivity index (χ3v) is 4.36. The van der Waals surface area contributed by atoms with Gasteiger partial charge in [0, 0.05) is 29.0 Å². The van der Waals surface area contributed by atoms with Crippen molar-refractivity contribution in [1.29, 1.82) is 0 Å². The van der Waals surface area contributed by atoms with Crippen LogP contribution in [0.25, 0.3) is 11.3 Å². The Bertz CT molecular complexity index is 1140. The largest absolute Gasteiger partial charge is 0.455 e. The number of hydrogen-bond donors (Lipinski definition) is 1. The molecule has 4 rings (SSSR count). The van der Waals surface area contributed by atoms with Crippen LogP contribution in [-0.2, 0) is 0 Å². The van der Waals surface area contributed by atoms with Crippen molar-refractivity contribution >= 4 is 23.2 Å². The molecule has 0 bridgehead atoms. The molecule has 0 aliphatic rings. The fraction of sp³-hybridized carbons (Fsp3) is 0.0455. The number of hydrogen-bond acceptors (Lipinski definition) is 5. The van der Waals surface area contributed by atoms with Gasteiger partial charge in [-0.15, -0.1) is 0 Å². The quantitative estimate of drug-likeness (QED) is 0.458. The lowest BCUT2D eigenvalue weighted by molar-refractivity contribution is 0.101. The summed E-state index contributed by atoms with van der Waals surface area (Å²) in [5.41, 5.74) is 2.40. The molecule has 0 saturated heterocycles. The lowest BCUT2D eigenvalue weighted by Crippen LogP contribution is -2.12. The topological polar surface area (TPSA) is 77.2 Å². The molecule has 0 radical (unpaired) electrons. The van der Waals surface area contributed by atoms with Gasteiger partial charge in [0.1, 0.15) is 5.75 Å². The van der Waals surface area contributed by atoms with Crippen LogP contribution in [0.2, 0.25) is 5.02 Å². The highest BCUT2D eigenvalue weighted by Crippen LogP contribution is 2.32. The van der Waals surface area contributed by atoms with Crippen molar-refractivity contribution in [1.82, 2.24) is 10.1 Å². The van der Waals surface area contributed by atoms with Crippen molar-refractivity contribution in [3.05, 3.63) is 89.3 Å². The Kier molecular flexibility index (Phi) is 5.27. The molecular weight excluding hydrogens is 390 g/mol. The van der Waals surface area contributed by atoms with E-state index in [1.807, 2.05) is 37.3 Å². The lowest BCUT2D eigenvalue weighted by atomic mass is 10.2. The molecule has 2 aromatic carbocycles. The Morgan fingerprint density at radius 2 is 1.93 bits per heavy atom. The minimum Gasteiger partial charge on any atom is -0.455 e. The third kappa shape index (κ3) is 4.44. The molecule has 0 aliphatic heterocycles. The van der Waals surface area contributed by atoms with E-state index in [4.69, 9.17) is 20.9 Å². The van der Waals surface area contributed by atoms with Gasteiger partial charge in [-0.3, -0.25) is 9.78 Å². The van der Waals surface area contributed by atoms with Crippen LogP contribution >= 0.6 is 11.6 Å². The highest BCUT2D eigenvalue weighted by molar-refractivity contribution is 6.31. The number of amides is 1. The maximum absolute atomic E-state index is 12.7. The molecule has 0 atom stereocenters. The summed E-state index contributed by atoms with van der Waals surface area (Å²) in [5.74, 6) is 1.11. The van der Waals surface area contributed by atoms with Crippen LogP contribution in [-0.4, -0.2) is 16.0 Å². The first kappa shape index (κ1) is 18.7. The summed E-state index contributed by atoms with van der Waals surface area (Å²) in [7, 11) is 0. The molecule has 6 nitrogen and oxygen atoms in total. The van der Waals surface area contributed by atoms with Gasteiger partial charge >= 0.3 is 0 Å². The maximum atomic E-state index is 12.7. The molecule has 7 heteroatoms. The van der Waals surface area contributed by atoms with Crippen LogP contribution in [0.3, 0.4) is 0 Å². The summed E-state index contributed by atoms with van der Waals surface area (Å²) in [6, 6.07) is 17.7. The number of anilines is 1. The van der Waals surface area contributed by atoms with Crippen LogP contribution in [0.5, 0.6) is 11.5 Å². The smallest absolute Gasteiger partial charge is 0.277 e. The molecule has 29 heavy (non-hydrogen) atoms. The van der Waals surface area contributed by atoms with Gasteiger partial charge in [-0.1, -0.05) is 34.5 Å². The summed E-state index contributed by atoms with van der Waals surface area (Å²) in [5, 5.41) is 7.09. The maximum Gasteiger partial charge on any atom is 0.277 e. The predicted octanol–water partition coefficient (Wildman–Crippen LogP) is 5.74. The number of ether oxygens (including phenoxy) is 1. The molecule has 1 amide bonds. The van der Waals surface area contributed by atoms with Gasteiger partial charge in [0.2, 0.25) is 0 Å². The Balaban J connectivity index is 1.56. The summed E-state index contributed by atoms with van der Waals surface area (Å²) >= 11 is 6.11. The fourth-order valence-electron chi connectivity index (χ4n) is 2.64. The second kappa shape index (κ2) is 8.16. The first-order valence-corrected chi connectivity index (χ1v) is 9.19. The Morgan fingerprint density at radius 1 is 1.10 bits per heavy atom. The minimum absolute atomic E-state index is 0.130. The minimum atomic E-state index is -0.445. The summed E-state index contributed by atoms with van der Waals surface area (Å²) in [6.07, 6.45) is 3.29. The number of aromatic nitrogens is 2. The lowest BCUT2D eigenvalue weighted by Gasteiger charge is -2.12. The number of carbonyl (C=O) groups is 1. The van der Waals surface area contributed by atoms with Gasteiger partial charge in [-0.25, -0.2) is 0 Å². The third-order valence-electron chi connectivity index (χ3n) is 4.13. The molecule has 2 heterocycles. The van der Waals surface area contributed by atoms with Crippen LogP contribution in [0.4, 0.5) is 5.69 Å². The number of nitrogens with one attached hydrogen (secondary N) is 1. The van der Waals surface area contributed by atoms with Crippen molar-refractivity contribution < 1.29 is 14.1 Å². The van der Waals surface area contributed by atoms with E-state index in [1.165, 1.54) is 0 Å². The normalized spacial score (nSPS) is 10.6. The zero-order chi connectivity index (χ0) is 20.2. The van der Waals surface area contributed by atoms with Crippen molar-refractivity contribution in [2.24, 2.45) is 0 Å². The molecule has 144 valence electrons. The Hall–Kier alpha value is -3.64. The Morgan fingerprint density at radius 3 is 2.69 bits per heavy atom. The molecule has 4 aromatic rings. The van der Waals surface area contributed by atoms with Gasteiger partial charge in [0.05, 0.1) is 5.69 Å². The van der Waals surface area contributed by atoms with Crippen molar-refractivity contribution in [3.8, 4) is 22.8 Å². The van der Waals surface area contributed by atoms with Crippen LogP contribution in [0, 0.1) is 6.92 Å². The van der Waals surface area contributed by atoms with Gasteiger partial charge in [0.15, 0.2) is 17.2 Å². The van der Waals surface area contributed by atoms with E-state index < -0.39 is 5.91 Å². The van der Waals surface area contributed by atoms with Crippen LogP contribution in [0.1, 0.15) is 16.1 Å². The molecule has 0 unspecified atom stereocenters. The SMILES string of the molecule is Cc1ccc(Oc2ccc(Cl)cc2NC(=O)c2cc(-c3cccnc3)on2)cc1. The summed E-state index contributed by atoms with van der Waals surface area (Å²) in [6.45, 7) is 2.00. The van der Waals surface area contributed by atoms with Crippen LogP contribution < -0.4 is 10.1 Å². The summed E-state index contributed by atoms with van der Waals surface area (Å²) in [4.78, 5) is 16.7. The summed E-state index contributed by atoms with van der Waals surface area (Å²) < 4.78 is 11.2. The highest BCUT2D eigenvalue weighted by atomic mass is 35.5. The first-order valence-electron chi connectivity index (χ1n) is 8.81. The first-order chi connectivity index (χ1) is 14.1. The van der Waals surface area contributed by atoms with Gasteiger partial charge < -0.3 is 14.6 Å². The Labute approximate surface area is 172 Å². The number of pyridine rings is 1. The number of rotatable bonds is 5. The number of aryl methyl sites for hydroxylation is 1. The van der Waals surface area contributed by atoms with E-state index >= 15 is 0 Å². The molecule has 0 spiro atoms. The second-order valence-corrected chi connectivity index (χ2v) is 6.76. The number of carbonyl (C=O) groups excluding carboxylic acids is 1. The van der Waals surface area contributed by atoms with Crippen LogP contribution in [0.15, 0.2) is 77.6 Å². The zero-order valence-electron chi connectivity index (χ0n) is 15.4. The van der Waals surface area contributed by atoms with Gasteiger partial charge in [-0.05, 0) is 49.4 Å². The average molecular weight is 406 g/mol. The van der Waals surface area contributed by atoms with Gasteiger partial charge in [-0.2, -0.15) is 0 Å². The molecule has 0 saturated carbocycles. The molecule has 0 aliphatic carbocycles. The average Bonchev–Trinajstić information content (AvgIpc) is 3.23. The number of halogens is 1.